The number of nitrogens with zero attached hydrogens (tertiary/aromatic N) is 4. The monoisotopic (exact) mass is 251 g/mol. The van der Waals surface area contributed by atoms with Crippen LogP contribution in [0.4, 0.5) is 0 Å². The Labute approximate surface area is 108 Å². The van der Waals surface area contributed by atoms with E-state index in [2.05, 4.69) is 15.1 Å². The fraction of sp³-hybridized carbons (Fsp3) is 0.0769. The van der Waals surface area contributed by atoms with Crippen LogP contribution < -0.4 is 5.56 Å². The van der Waals surface area contributed by atoms with Crippen molar-refractivity contribution in [2.45, 2.75) is 6.92 Å². The van der Waals surface area contributed by atoms with Gasteiger partial charge in [-0.05, 0) is 19.1 Å². The van der Waals surface area contributed by atoms with Crippen molar-refractivity contribution in [3.63, 3.8) is 0 Å². The standard InChI is InChI=1S/C13H9N5O/c1-8-11(10-4-2-3-5-15-10)13(19)17-12-9(6-14)7-16-18(8)12/h2-5,7H,1H3,(H,17,19). The van der Waals surface area contributed by atoms with E-state index in [9.17, 15) is 4.79 Å². The van der Waals surface area contributed by atoms with Crippen LogP contribution in [0.2, 0.25) is 0 Å². The zero-order valence-electron chi connectivity index (χ0n) is 10.1. The van der Waals surface area contributed by atoms with Crippen LogP contribution in [0.3, 0.4) is 0 Å². The lowest BCUT2D eigenvalue weighted by atomic mass is 10.1. The highest BCUT2D eigenvalue weighted by Crippen LogP contribution is 2.18. The highest BCUT2D eigenvalue weighted by Gasteiger charge is 2.15. The maximum atomic E-state index is 12.2. The van der Waals surface area contributed by atoms with E-state index in [0.29, 0.717) is 28.2 Å². The SMILES string of the molecule is Cc1c(-c2ccccn2)c(=O)[nH]c2c(C#N)cnn12. The molecule has 0 aromatic carbocycles. The molecular formula is C13H9N5O. The Morgan fingerprint density at radius 2 is 2.26 bits per heavy atom. The zero-order chi connectivity index (χ0) is 13.4. The van der Waals surface area contributed by atoms with Crippen LogP contribution in [0.1, 0.15) is 11.3 Å². The lowest BCUT2D eigenvalue weighted by Crippen LogP contribution is -2.16. The van der Waals surface area contributed by atoms with Crippen LogP contribution in [-0.4, -0.2) is 19.6 Å². The fourth-order valence-electron chi connectivity index (χ4n) is 2.06. The first kappa shape index (κ1) is 11.2. The molecule has 0 saturated carbocycles. The second-order valence-electron chi connectivity index (χ2n) is 4.06. The van der Waals surface area contributed by atoms with Crippen LogP contribution in [0.25, 0.3) is 16.9 Å². The second-order valence-corrected chi connectivity index (χ2v) is 4.06. The van der Waals surface area contributed by atoms with Crippen molar-refractivity contribution in [3.8, 4) is 17.3 Å². The third-order valence-corrected chi connectivity index (χ3v) is 2.95. The fourth-order valence-corrected chi connectivity index (χ4v) is 2.06. The van der Waals surface area contributed by atoms with E-state index in [0.717, 1.165) is 0 Å². The van der Waals surface area contributed by atoms with Gasteiger partial charge in [0.25, 0.3) is 5.56 Å². The van der Waals surface area contributed by atoms with Gasteiger partial charge in [0.2, 0.25) is 0 Å². The summed E-state index contributed by atoms with van der Waals surface area (Å²) in [7, 11) is 0. The van der Waals surface area contributed by atoms with Crippen molar-refractivity contribution in [1.82, 2.24) is 19.6 Å². The summed E-state index contributed by atoms with van der Waals surface area (Å²) in [6.07, 6.45) is 3.06. The molecule has 3 rings (SSSR count). The molecule has 6 nitrogen and oxygen atoms in total. The van der Waals surface area contributed by atoms with Crippen molar-refractivity contribution in [2.75, 3.05) is 0 Å². The summed E-state index contributed by atoms with van der Waals surface area (Å²) < 4.78 is 1.55. The Kier molecular flexibility index (Phi) is 2.39. The topological polar surface area (TPSA) is 86.8 Å². The predicted octanol–water partition coefficient (Wildman–Crippen LogP) is 1.26. The van der Waals surface area contributed by atoms with Gasteiger partial charge in [0.15, 0.2) is 5.65 Å². The molecule has 0 radical (unpaired) electrons. The summed E-state index contributed by atoms with van der Waals surface area (Å²) >= 11 is 0. The number of aryl methyl sites for hydroxylation is 1. The van der Waals surface area contributed by atoms with Crippen LogP contribution in [-0.2, 0) is 0 Å². The molecule has 0 aliphatic heterocycles. The van der Waals surface area contributed by atoms with E-state index in [1.54, 1.807) is 29.8 Å². The van der Waals surface area contributed by atoms with Crippen molar-refractivity contribution in [1.29, 1.82) is 5.26 Å². The summed E-state index contributed by atoms with van der Waals surface area (Å²) in [4.78, 5) is 19.0. The molecule has 3 aromatic rings. The minimum absolute atomic E-state index is 0.277. The molecule has 3 aromatic heterocycles. The Balaban J connectivity index is 2.40. The minimum atomic E-state index is -0.277. The molecule has 0 atom stereocenters. The van der Waals surface area contributed by atoms with Crippen molar-refractivity contribution < 1.29 is 0 Å². The van der Waals surface area contributed by atoms with Gasteiger partial charge in [-0.1, -0.05) is 6.07 Å². The molecule has 0 fully saturated rings. The average Bonchev–Trinajstić information content (AvgIpc) is 2.83. The number of aromatic nitrogens is 4. The molecule has 0 spiro atoms. The number of pyridine rings is 1. The van der Waals surface area contributed by atoms with Crippen LogP contribution in [0, 0.1) is 18.3 Å². The van der Waals surface area contributed by atoms with Gasteiger partial charge < -0.3 is 4.98 Å². The Bertz CT molecular complexity index is 854. The van der Waals surface area contributed by atoms with E-state index in [-0.39, 0.29) is 5.56 Å². The number of nitrogens with one attached hydrogen (secondary N) is 1. The molecule has 0 bridgehead atoms. The molecule has 0 aliphatic rings. The maximum absolute atomic E-state index is 12.2. The number of rotatable bonds is 1. The molecule has 19 heavy (non-hydrogen) atoms. The molecule has 92 valence electrons. The molecule has 0 amide bonds. The maximum Gasteiger partial charge on any atom is 0.260 e. The third-order valence-electron chi connectivity index (χ3n) is 2.95. The molecule has 6 heteroatoms. The average molecular weight is 251 g/mol. The number of hydrogen-bond acceptors (Lipinski definition) is 4. The largest absolute Gasteiger partial charge is 0.305 e. The third kappa shape index (κ3) is 1.60. The molecular weight excluding hydrogens is 242 g/mol. The van der Waals surface area contributed by atoms with E-state index >= 15 is 0 Å². The van der Waals surface area contributed by atoms with E-state index in [1.807, 2.05) is 12.1 Å². The highest BCUT2D eigenvalue weighted by atomic mass is 16.1. The first-order chi connectivity index (χ1) is 9.22. The highest BCUT2D eigenvalue weighted by molar-refractivity contribution is 5.64. The Morgan fingerprint density at radius 1 is 1.42 bits per heavy atom. The number of H-pyrrole nitrogens is 1. The summed E-state index contributed by atoms with van der Waals surface area (Å²) in [5, 5.41) is 13.1. The summed E-state index contributed by atoms with van der Waals surface area (Å²) in [6.45, 7) is 1.78. The first-order valence-electron chi connectivity index (χ1n) is 5.64. The normalized spacial score (nSPS) is 10.5. The number of nitriles is 1. The van der Waals surface area contributed by atoms with Gasteiger partial charge in [0.1, 0.15) is 11.6 Å². The number of fused-ring (bicyclic) bond motifs is 1. The zero-order valence-corrected chi connectivity index (χ0v) is 10.1. The second kappa shape index (κ2) is 4.07. The van der Waals surface area contributed by atoms with Gasteiger partial charge >= 0.3 is 0 Å². The molecule has 1 N–H and O–H groups in total. The van der Waals surface area contributed by atoms with E-state index in [4.69, 9.17) is 5.26 Å². The Morgan fingerprint density at radius 3 is 2.95 bits per heavy atom. The van der Waals surface area contributed by atoms with Gasteiger partial charge in [-0.3, -0.25) is 9.78 Å². The first-order valence-corrected chi connectivity index (χ1v) is 5.64. The van der Waals surface area contributed by atoms with E-state index in [1.165, 1.54) is 6.20 Å². The van der Waals surface area contributed by atoms with E-state index < -0.39 is 0 Å². The van der Waals surface area contributed by atoms with Crippen molar-refractivity contribution >= 4 is 5.65 Å². The minimum Gasteiger partial charge on any atom is -0.305 e. The van der Waals surface area contributed by atoms with Gasteiger partial charge in [0, 0.05) is 6.20 Å². The molecule has 0 aliphatic carbocycles. The Hall–Kier alpha value is -2.94. The summed E-state index contributed by atoms with van der Waals surface area (Å²) in [5.41, 5.74) is 2.16. The number of hydrogen-bond donors (Lipinski definition) is 1. The van der Waals surface area contributed by atoms with Crippen LogP contribution >= 0.6 is 0 Å². The van der Waals surface area contributed by atoms with Gasteiger partial charge in [-0.15, -0.1) is 0 Å². The number of aromatic amines is 1. The van der Waals surface area contributed by atoms with Crippen LogP contribution in [0.15, 0.2) is 35.4 Å². The quantitative estimate of drug-likeness (QED) is 0.705. The molecule has 0 saturated heterocycles. The predicted molar refractivity (Wildman–Crippen MR) is 68.5 cm³/mol. The lowest BCUT2D eigenvalue weighted by Gasteiger charge is -2.06. The molecule has 0 unspecified atom stereocenters. The van der Waals surface area contributed by atoms with Crippen LogP contribution in [0.5, 0.6) is 0 Å². The van der Waals surface area contributed by atoms with Crippen molar-refractivity contribution in [3.05, 3.63) is 52.2 Å². The van der Waals surface area contributed by atoms with Gasteiger partial charge in [-0.25, -0.2) is 4.52 Å². The molecule has 3 heterocycles. The lowest BCUT2D eigenvalue weighted by molar-refractivity contribution is 0.888. The summed E-state index contributed by atoms with van der Waals surface area (Å²) in [6, 6.07) is 7.36. The van der Waals surface area contributed by atoms with Gasteiger partial charge in [0.05, 0.1) is 23.1 Å². The van der Waals surface area contributed by atoms with Crippen molar-refractivity contribution in [2.24, 2.45) is 0 Å². The summed E-state index contributed by atoms with van der Waals surface area (Å²) in [5.74, 6) is 0. The van der Waals surface area contributed by atoms with Gasteiger partial charge in [-0.2, -0.15) is 10.4 Å². The smallest absolute Gasteiger partial charge is 0.260 e.